The van der Waals surface area contributed by atoms with Crippen LogP contribution in [0.2, 0.25) is 0 Å². The predicted molar refractivity (Wildman–Crippen MR) is 84.7 cm³/mol. The van der Waals surface area contributed by atoms with Crippen LogP contribution >= 0.6 is 0 Å². The summed E-state index contributed by atoms with van der Waals surface area (Å²) < 4.78 is 5.43. The molecule has 22 heavy (non-hydrogen) atoms. The highest BCUT2D eigenvalue weighted by Gasteiger charge is 2.31. The molecule has 2 amide bonds. The maximum absolute atomic E-state index is 12.1. The first-order valence-electron chi connectivity index (χ1n) is 8.24. The van der Waals surface area contributed by atoms with Gasteiger partial charge in [-0.2, -0.15) is 0 Å². The molecule has 126 valence electrons. The Kier molecular flexibility index (Phi) is 5.32. The van der Waals surface area contributed by atoms with Gasteiger partial charge < -0.3 is 14.5 Å². The fraction of sp³-hybridized carbons (Fsp3) is 0.875. The van der Waals surface area contributed by atoms with Crippen LogP contribution in [-0.4, -0.2) is 77.6 Å². The van der Waals surface area contributed by atoms with E-state index in [1.165, 1.54) is 0 Å². The molecule has 0 spiro atoms. The van der Waals surface area contributed by atoms with Gasteiger partial charge in [0.1, 0.15) is 5.60 Å². The second-order valence-electron chi connectivity index (χ2n) is 7.24. The van der Waals surface area contributed by atoms with Crippen molar-refractivity contribution in [1.29, 1.82) is 0 Å². The molecule has 6 nitrogen and oxygen atoms in total. The minimum absolute atomic E-state index is 0.166. The molecule has 0 atom stereocenters. The largest absolute Gasteiger partial charge is 0.444 e. The molecule has 0 aromatic heterocycles. The molecular weight excluding hydrogens is 282 g/mol. The fourth-order valence-corrected chi connectivity index (χ4v) is 3.14. The van der Waals surface area contributed by atoms with Crippen molar-refractivity contribution in [2.24, 2.45) is 0 Å². The quantitative estimate of drug-likeness (QED) is 0.737. The number of amides is 2. The van der Waals surface area contributed by atoms with Crippen molar-refractivity contribution >= 4 is 12.0 Å². The number of hydrogen-bond acceptors (Lipinski definition) is 4. The number of hydrogen-bond donors (Lipinski definition) is 0. The lowest BCUT2D eigenvalue weighted by molar-refractivity contribution is -0.131. The van der Waals surface area contributed by atoms with Gasteiger partial charge in [0.15, 0.2) is 0 Å². The average Bonchev–Trinajstić information content (AvgIpc) is 2.46. The summed E-state index contributed by atoms with van der Waals surface area (Å²) in [4.78, 5) is 29.6. The standard InChI is InChI=1S/C16H29N3O3/c1-13(20)17-9-11-18(12-10-17)14-5-7-19(8-6-14)15(21)22-16(2,3)4/h14H,5-12H2,1-4H3. The highest BCUT2D eigenvalue weighted by molar-refractivity contribution is 5.73. The molecule has 2 aliphatic heterocycles. The van der Waals surface area contributed by atoms with E-state index in [4.69, 9.17) is 4.74 Å². The predicted octanol–water partition coefficient (Wildman–Crippen LogP) is 1.55. The van der Waals surface area contributed by atoms with Gasteiger partial charge in [-0.25, -0.2) is 4.79 Å². The molecule has 0 bridgehead atoms. The van der Waals surface area contributed by atoms with Crippen molar-refractivity contribution < 1.29 is 14.3 Å². The monoisotopic (exact) mass is 311 g/mol. The normalized spacial score (nSPS) is 21.8. The van der Waals surface area contributed by atoms with Gasteiger partial charge in [-0.3, -0.25) is 9.69 Å². The summed E-state index contributed by atoms with van der Waals surface area (Å²) in [6.07, 6.45) is 1.77. The van der Waals surface area contributed by atoms with Crippen molar-refractivity contribution in [1.82, 2.24) is 14.7 Å². The van der Waals surface area contributed by atoms with Crippen LogP contribution < -0.4 is 0 Å². The number of carbonyl (C=O) groups is 2. The average molecular weight is 311 g/mol. The van der Waals surface area contributed by atoms with Crippen molar-refractivity contribution in [3.05, 3.63) is 0 Å². The summed E-state index contributed by atoms with van der Waals surface area (Å²) in [5, 5.41) is 0. The lowest BCUT2D eigenvalue weighted by Crippen LogP contribution is -2.54. The number of rotatable bonds is 1. The summed E-state index contributed by atoms with van der Waals surface area (Å²) in [5.41, 5.74) is -0.434. The summed E-state index contributed by atoms with van der Waals surface area (Å²) in [6.45, 7) is 12.4. The van der Waals surface area contributed by atoms with Crippen LogP contribution in [0.4, 0.5) is 4.79 Å². The molecule has 0 unspecified atom stereocenters. The molecule has 2 saturated heterocycles. The van der Waals surface area contributed by atoms with E-state index in [1.807, 2.05) is 30.6 Å². The summed E-state index contributed by atoms with van der Waals surface area (Å²) >= 11 is 0. The topological polar surface area (TPSA) is 53.1 Å². The zero-order chi connectivity index (χ0) is 16.3. The first-order chi connectivity index (χ1) is 10.3. The van der Waals surface area contributed by atoms with E-state index >= 15 is 0 Å². The molecule has 0 N–H and O–H groups in total. The van der Waals surface area contributed by atoms with Gasteiger partial charge in [0.2, 0.25) is 5.91 Å². The number of carbonyl (C=O) groups excluding carboxylic acids is 2. The minimum atomic E-state index is -0.434. The zero-order valence-electron chi connectivity index (χ0n) is 14.3. The third-order valence-corrected chi connectivity index (χ3v) is 4.39. The number of piperidine rings is 1. The highest BCUT2D eigenvalue weighted by atomic mass is 16.6. The Morgan fingerprint density at radius 3 is 1.91 bits per heavy atom. The van der Waals surface area contributed by atoms with Crippen molar-refractivity contribution in [2.45, 2.75) is 52.2 Å². The minimum Gasteiger partial charge on any atom is -0.444 e. The fourth-order valence-electron chi connectivity index (χ4n) is 3.14. The Balaban J connectivity index is 1.76. The smallest absolute Gasteiger partial charge is 0.410 e. The van der Waals surface area contributed by atoms with Crippen molar-refractivity contribution in [3.8, 4) is 0 Å². The maximum Gasteiger partial charge on any atom is 0.410 e. The Morgan fingerprint density at radius 2 is 1.45 bits per heavy atom. The van der Waals surface area contributed by atoms with E-state index in [1.54, 1.807) is 6.92 Å². The second kappa shape index (κ2) is 6.86. The van der Waals surface area contributed by atoms with Gasteiger partial charge >= 0.3 is 6.09 Å². The molecular formula is C16H29N3O3. The van der Waals surface area contributed by atoms with E-state index in [9.17, 15) is 9.59 Å². The van der Waals surface area contributed by atoms with Gasteiger partial charge in [0, 0.05) is 52.2 Å². The van der Waals surface area contributed by atoms with E-state index in [0.29, 0.717) is 6.04 Å². The van der Waals surface area contributed by atoms with Crippen molar-refractivity contribution in [3.63, 3.8) is 0 Å². The lowest BCUT2D eigenvalue weighted by atomic mass is 10.0. The van der Waals surface area contributed by atoms with Crippen LogP contribution in [0.1, 0.15) is 40.5 Å². The Morgan fingerprint density at radius 1 is 0.909 bits per heavy atom. The van der Waals surface area contributed by atoms with Gasteiger partial charge in [0.05, 0.1) is 0 Å². The van der Waals surface area contributed by atoms with E-state index in [2.05, 4.69) is 4.90 Å². The molecule has 2 heterocycles. The molecule has 0 saturated carbocycles. The van der Waals surface area contributed by atoms with E-state index in [-0.39, 0.29) is 12.0 Å². The lowest BCUT2D eigenvalue weighted by Gasteiger charge is -2.42. The third kappa shape index (κ3) is 4.60. The zero-order valence-corrected chi connectivity index (χ0v) is 14.3. The summed E-state index contributed by atoms with van der Waals surface area (Å²) in [6, 6.07) is 0.521. The molecule has 0 aliphatic carbocycles. The third-order valence-electron chi connectivity index (χ3n) is 4.39. The van der Waals surface area contributed by atoms with E-state index in [0.717, 1.165) is 52.1 Å². The molecule has 6 heteroatoms. The Bertz CT molecular complexity index is 403. The first-order valence-corrected chi connectivity index (χ1v) is 8.24. The Labute approximate surface area is 133 Å². The highest BCUT2D eigenvalue weighted by Crippen LogP contribution is 2.20. The SMILES string of the molecule is CC(=O)N1CCN(C2CCN(C(=O)OC(C)(C)C)CC2)CC1. The van der Waals surface area contributed by atoms with Crippen LogP contribution in [0.3, 0.4) is 0 Å². The van der Waals surface area contributed by atoms with Crippen LogP contribution in [0.5, 0.6) is 0 Å². The van der Waals surface area contributed by atoms with Gasteiger partial charge in [-0.15, -0.1) is 0 Å². The van der Waals surface area contributed by atoms with Gasteiger partial charge in [-0.1, -0.05) is 0 Å². The molecule has 2 aliphatic rings. The number of piperazine rings is 1. The molecule has 2 fully saturated rings. The van der Waals surface area contributed by atoms with E-state index < -0.39 is 5.60 Å². The Hall–Kier alpha value is -1.30. The second-order valence-corrected chi connectivity index (χ2v) is 7.24. The first kappa shape index (κ1) is 17.1. The van der Waals surface area contributed by atoms with Crippen molar-refractivity contribution in [2.75, 3.05) is 39.3 Å². The molecule has 0 aromatic rings. The summed E-state index contributed by atoms with van der Waals surface area (Å²) in [7, 11) is 0. The van der Waals surface area contributed by atoms with Crippen LogP contribution in [0.25, 0.3) is 0 Å². The number of nitrogens with zero attached hydrogens (tertiary/aromatic N) is 3. The van der Waals surface area contributed by atoms with Crippen LogP contribution in [0, 0.1) is 0 Å². The maximum atomic E-state index is 12.1. The summed E-state index contributed by atoms with van der Waals surface area (Å²) in [5.74, 6) is 0.166. The molecule has 2 rings (SSSR count). The van der Waals surface area contributed by atoms with Crippen LogP contribution in [0.15, 0.2) is 0 Å². The van der Waals surface area contributed by atoms with Gasteiger partial charge in [0.25, 0.3) is 0 Å². The molecule has 0 aromatic carbocycles. The number of likely N-dealkylation sites (tertiary alicyclic amines) is 1. The molecule has 0 radical (unpaired) electrons. The number of ether oxygens (including phenoxy) is 1. The van der Waals surface area contributed by atoms with Crippen LogP contribution in [-0.2, 0) is 9.53 Å². The van der Waals surface area contributed by atoms with Gasteiger partial charge in [-0.05, 0) is 33.6 Å².